The lowest BCUT2D eigenvalue weighted by atomic mass is 10.0. The molecule has 0 aromatic heterocycles. The fourth-order valence-corrected chi connectivity index (χ4v) is 2.10. The monoisotopic (exact) mass is 230 g/mol. The highest BCUT2D eigenvalue weighted by atomic mass is 16.5. The van der Waals surface area contributed by atoms with Crippen molar-refractivity contribution >= 4 is 0 Å². The molecule has 1 saturated heterocycles. The highest BCUT2D eigenvalue weighted by molar-refractivity contribution is 4.80. The van der Waals surface area contributed by atoms with Crippen LogP contribution in [0.1, 0.15) is 19.8 Å². The van der Waals surface area contributed by atoms with E-state index in [0.717, 1.165) is 39.3 Å². The summed E-state index contributed by atoms with van der Waals surface area (Å²) in [5.74, 6) is 0.675. The molecule has 0 spiro atoms. The zero-order valence-electron chi connectivity index (χ0n) is 10.7. The van der Waals surface area contributed by atoms with Crippen LogP contribution in [0.2, 0.25) is 0 Å². The average Bonchev–Trinajstić information content (AvgIpc) is 2.72. The quantitative estimate of drug-likeness (QED) is 0.624. The summed E-state index contributed by atoms with van der Waals surface area (Å²) in [6.07, 6.45) is 2.22. The molecule has 0 aromatic rings. The maximum atomic E-state index is 5.90. The second-order valence-corrected chi connectivity index (χ2v) is 4.67. The number of methoxy groups -OCH3 is 1. The average molecular weight is 230 g/mol. The maximum Gasteiger partial charge on any atom is 0.0593 e. The zero-order chi connectivity index (χ0) is 11.8. The Balaban J connectivity index is 1.94. The molecule has 1 heterocycles. The van der Waals surface area contributed by atoms with Crippen molar-refractivity contribution in [2.75, 3.05) is 46.6 Å². The van der Waals surface area contributed by atoms with E-state index in [1.54, 1.807) is 7.11 Å². The molecule has 0 aromatic carbocycles. The van der Waals surface area contributed by atoms with E-state index in [9.17, 15) is 0 Å². The number of nitrogens with zero attached hydrogens (tertiary/aromatic N) is 1. The summed E-state index contributed by atoms with van der Waals surface area (Å²) in [7, 11) is 1.72. The highest BCUT2D eigenvalue weighted by Gasteiger charge is 2.24. The molecule has 1 fully saturated rings. The molecule has 2 atom stereocenters. The lowest BCUT2D eigenvalue weighted by Crippen LogP contribution is -2.31. The Hall–Kier alpha value is -0.160. The first-order valence-electron chi connectivity index (χ1n) is 6.28. The fourth-order valence-electron chi connectivity index (χ4n) is 2.10. The Morgan fingerprint density at radius 2 is 2.19 bits per heavy atom. The van der Waals surface area contributed by atoms with Crippen LogP contribution in [0.3, 0.4) is 0 Å². The number of hydrogen-bond donors (Lipinski definition) is 1. The smallest absolute Gasteiger partial charge is 0.0593 e. The first kappa shape index (κ1) is 13.9. The lowest BCUT2D eigenvalue weighted by Gasteiger charge is -2.17. The van der Waals surface area contributed by atoms with Crippen molar-refractivity contribution in [2.24, 2.45) is 11.7 Å². The number of nitrogens with two attached hydrogens (primary N) is 1. The van der Waals surface area contributed by atoms with Crippen molar-refractivity contribution < 1.29 is 9.47 Å². The molecule has 1 aliphatic rings. The fraction of sp³-hybridized carbons (Fsp3) is 1.00. The van der Waals surface area contributed by atoms with Gasteiger partial charge in [0, 0.05) is 39.5 Å². The predicted octanol–water partition coefficient (Wildman–Crippen LogP) is 0.709. The van der Waals surface area contributed by atoms with Crippen LogP contribution >= 0.6 is 0 Å². The van der Waals surface area contributed by atoms with Crippen LogP contribution in [-0.2, 0) is 9.47 Å². The van der Waals surface area contributed by atoms with Crippen molar-refractivity contribution in [3.05, 3.63) is 0 Å². The summed E-state index contributed by atoms with van der Waals surface area (Å²) >= 11 is 0. The van der Waals surface area contributed by atoms with Gasteiger partial charge in [0.05, 0.1) is 6.61 Å². The van der Waals surface area contributed by atoms with E-state index in [1.807, 2.05) is 0 Å². The van der Waals surface area contributed by atoms with Crippen LogP contribution in [-0.4, -0.2) is 57.5 Å². The molecule has 2 unspecified atom stereocenters. The van der Waals surface area contributed by atoms with Crippen LogP contribution < -0.4 is 5.73 Å². The van der Waals surface area contributed by atoms with Crippen LogP contribution in [0.15, 0.2) is 0 Å². The summed E-state index contributed by atoms with van der Waals surface area (Å²) < 4.78 is 10.5. The van der Waals surface area contributed by atoms with Gasteiger partial charge in [-0.3, -0.25) is 0 Å². The molecular formula is C12H26N2O2. The molecular weight excluding hydrogens is 204 g/mol. The summed E-state index contributed by atoms with van der Waals surface area (Å²) in [5, 5.41) is 0. The molecule has 0 bridgehead atoms. The van der Waals surface area contributed by atoms with Gasteiger partial charge in [-0.05, 0) is 32.2 Å². The van der Waals surface area contributed by atoms with Crippen molar-refractivity contribution in [1.82, 2.24) is 4.90 Å². The minimum Gasteiger partial charge on any atom is -0.385 e. The topological polar surface area (TPSA) is 47.7 Å². The standard InChI is InChI=1S/C12H26N2O2/c1-11(13)12-4-5-14(10-12)6-9-16-8-3-7-15-2/h11-12H,3-10,13H2,1-2H3. The summed E-state index contributed by atoms with van der Waals surface area (Å²) in [6, 6.07) is 0.327. The van der Waals surface area contributed by atoms with Gasteiger partial charge >= 0.3 is 0 Å². The van der Waals surface area contributed by atoms with Gasteiger partial charge in [-0.15, -0.1) is 0 Å². The Labute approximate surface area is 99.1 Å². The normalized spacial score (nSPS) is 23.8. The first-order chi connectivity index (χ1) is 7.74. The third kappa shape index (κ3) is 5.25. The second kappa shape index (κ2) is 8.01. The molecule has 96 valence electrons. The Kier molecular flexibility index (Phi) is 6.96. The summed E-state index contributed by atoms with van der Waals surface area (Å²) in [4.78, 5) is 2.45. The van der Waals surface area contributed by atoms with Crippen LogP contribution in [0.4, 0.5) is 0 Å². The van der Waals surface area contributed by atoms with Gasteiger partial charge < -0.3 is 20.1 Å². The van der Waals surface area contributed by atoms with E-state index in [0.29, 0.717) is 12.0 Å². The SMILES string of the molecule is COCCCOCCN1CCC(C(C)N)C1. The molecule has 4 nitrogen and oxygen atoms in total. The van der Waals surface area contributed by atoms with E-state index in [1.165, 1.54) is 13.0 Å². The van der Waals surface area contributed by atoms with Crippen LogP contribution in [0.25, 0.3) is 0 Å². The van der Waals surface area contributed by atoms with Gasteiger partial charge in [0.2, 0.25) is 0 Å². The molecule has 2 N–H and O–H groups in total. The molecule has 4 heteroatoms. The summed E-state index contributed by atoms with van der Waals surface area (Å²) in [6.45, 7) is 7.88. The van der Waals surface area contributed by atoms with Crippen molar-refractivity contribution in [2.45, 2.75) is 25.8 Å². The van der Waals surface area contributed by atoms with Crippen molar-refractivity contribution in [3.63, 3.8) is 0 Å². The Morgan fingerprint density at radius 3 is 2.81 bits per heavy atom. The van der Waals surface area contributed by atoms with Gasteiger partial charge in [-0.2, -0.15) is 0 Å². The second-order valence-electron chi connectivity index (χ2n) is 4.67. The molecule has 16 heavy (non-hydrogen) atoms. The zero-order valence-corrected chi connectivity index (χ0v) is 10.7. The molecule has 0 aliphatic carbocycles. The largest absolute Gasteiger partial charge is 0.385 e. The van der Waals surface area contributed by atoms with Crippen LogP contribution in [0, 0.1) is 5.92 Å². The number of hydrogen-bond acceptors (Lipinski definition) is 4. The predicted molar refractivity (Wildman–Crippen MR) is 65.5 cm³/mol. The van der Waals surface area contributed by atoms with Gasteiger partial charge in [0.25, 0.3) is 0 Å². The van der Waals surface area contributed by atoms with E-state index in [-0.39, 0.29) is 0 Å². The van der Waals surface area contributed by atoms with Crippen LogP contribution in [0.5, 0.6) is 0 Å². The number of rotatable bonds is 8. The van der Waals surface area contributed by atoms with Crippen molar-refractivity contribution in [1.29, 1.82) is 0 Å². The lowest BCUT2D eigenvalue weighted by molar-refractivity contribution is 0.0876. The van der Waals surface area contributed by atoms with Gasteiger partial charge in [0.1, 0.15) is 0 Å². The number of ether oxygens (including phenoxy) is 2. The van der Waals surface area contributed by atoms with Gasteiger partial charge in [-0.25, -0.2) is 0 Å². The maximum absolute atomic E-state index is 5.90. The molecule has 1 aliphatic heterocycles. The first-order valence-corrected chi connectivity index (χ1v) is 6.28. The van der Waals surface area contributed by atoms with Crippen molar-refractivity contribution in [3.8, 4) is 0 Å². The molecule has 1 rings (SSSR count). The molecule has 0 amide bonds. The Morgan fingerprint density at radius 1 is 1.38 bits per heavy atom. The molecule has 0 radical (unpaired) electrons. The van der Waals surface area contributed by atoms with E-state index < -0.39 is 0 Å². The molecule has 0 saturated carbocycles. The highest BCUT2D eigenvalue weighted by Crippen LogP contribution is 2.17. The third-order valence-electron chi connectivity index (χ3n) is 3.24. The van der Waals surface area contributed by atoms with Gasteiger partial charge in [-0.1, -0.05) is 0 Å². The third-order valence-corrected chi connectivity index (χ3v) is 3.24. The van der Waals surface area contributed by atoms with Gasteiger partial charge in [0.15, 0.2) is 0 Å². The van der Waals surface area contributed by atoms with E-state index >= 15 is 0 Å². The minimum absolute atomic E-state index is 0.327. The summed E-state index contributed by atoms with van der Waals surface area (Å²) in [5.41, 5.74) is 5.90. The van der Waals surface area contributed by atoms with E-state index in [2.05, 4.69) is 11.8 Å². The number of likely N-dealkylation sites (tertiary alicyclic amines) is 1. The minimum atomic E-state index is 0.327. The Bertz CT molecular complexity index is 176. The van der Waals surface area contributed by atoms with E-state index in [4.69, 9.17) is 15.2 Å².